The zero-order chi connectivity index (χ0) is 11.6. The van der Waals surface area contributed by atoms with Gasteiger partial charge in [0.15, 0.2) is 0 Å². The number of likely N-dealkylation sites (tertiary alicyclic amines) is 1. The summed E-state index contributed by atoms with van der Waals surface area (Å²) in [5.41, 5.74) is -0.492. The van der Waals surface area contributed by atoms with Gasteiger partial charge in [-0.15, -0.1) is 6.58 Å². The minimum absolute atomic E-state index is 0.0440. The lowest BCUT2D eigenvalue weighted by Gasteiger charge is -2.24. The van der Waals surface area contributed by atoms with E-state index < -0.39 is 11.7 Å². The zero-order valence-corrected chi connectivity index (χ0v) is 9.56. The Hall–Kier alpha value is -1.03. The molecule has 0 saturated carbocycles. The van der Waals surface area contributed by atoms with Crippen LogP contribution < -0.4 is 0 Å². The lowest BCUT2D eigenvalue weighted by atomic mass is 10.1. The van der Waals surface area contributed by atoms with Gasteiger partial charge in [-0.05, 0) is 20.8 Å². The van der Waals surface area contributed by atoms with Gasteiger partial charge in [0.05, 0.1) is 12.6 Å². The van der Waals surface area contributed by atoms with Crippen molar-refractivity contribution in [3.8, 4) is 0 Å². The molecule has 0 spiro atoms. The zero-order valence-electron chi connectivity index (χ0n) is 9.56. The Morgan fingerprint density at radius 3 is 2.53 bits per heavy atom. The predicted octanol–water partition coefficient (Wildman–Crippen LogP) is 1.40. The van der Waals surface area contributed by atoms with Crippen molar-refractivity contribution < 1.29 is 14.6 Å². The normalized spacial score (nSPS) is 26.5. The van der Waals surface area contributed by atoms with Crippen LogP contribution in [0.5, 0.6) is 0 Å². The third-order valence-corrected chi connectivity index (χ3v) is 2.29. The standard InChI is InChI=1S/C11H19NO3/c1-5-8-6-12(7-9(8)13)10(14)15-11(2,3)4/h5,8-9,13H,1,6-7H2,2-4H3/t8-,9-/m1/s1. The van der Waals surface area contributed by atoms with Gasteiger partial charge in [0.1, 0.15) is 5.60 Å². The fourth-order valence-corrected chi connectivity index (χ4v) is 1.52. The molecule has 0 radical (unpaired) electrons. The van der Waals surface area contributed by atoms with Crippen molar-refractivity contribution in [2.75, 3.05) is 13.1 Å². The summed E-state index contributed by atoms with van der Waals surface area (Å²) in [6, 6.07) is 0. The molecule has 1 fully saturated rings. The lowest BCUT2D eigenvalue weighted by Crippen LogP contribution is -2.35. The molecule has 1 rings (SSSR count). The number of carbonyl (C=O) groups excluding carboxylic acids is 1. The van der Waals surface area contributed by atoms with E-state index >= 15 is 0 Å². The van der Waals surface area contributed by atoms with Crippen molar-refractivity contribution in [2.24, 2.45) is 5.92 Å². The topological polar surface area (TPSA) is 49.8 Å². The van der Waals surface area contributed by atoms with Crippen LogP contribution in [0.3, 0.4) is 0 Å². The summed E-state index contributed by atoms with van der Waals surface area (Å²) in [5, 5.41) is 9.59. The Bertz CT molecular complexity index is 257. The number of rotatable bonds is 1. The molecule has 0 aromatic carbocycles. The monoisotopic (exact) mass is 213 g/mol. The number of carbonyl (C=O) groups is 1. The molecule has 1 N–H and O–H groups in total. The number of aliphatic hydroxyl groups excluding tert-OH is 1. The van der Waals surface area contributed by atoms with E-state index in [-0.39, 0.29) is 12.0 Å². The first-order valence-electron chi connectivity index (χ1n) is 5.12. The van der Waals surface area contributed by atoms with Crippen molar-refractivity contribution in [3.63, 3.8) is 0 Å². The maximum atomic E-state index is 11.6. The molecule has 4 nitrogen and oxygen atoms in total. The summed E-state index contributed by atoms with van der Waals surface area (Å²) >= 11 is 0. The fraction of sp³-hybridized carbons (Fsp3) is 0.727. The minimum Gasteiger partial charge on any atom is -0.444 e. The molecule has 1 aliphatic heterocycles. The molecule has 0 aliphatic carbocycles. The Morgan fingerprint density at radius 1 is 1.53 bits per heavy atom. The highest BCUT2D eigenvalue weighted by Gasteiger charge is 2.34. The van der Waals surface area contributed by atoms with E-state index in [4.69, 9.17) is 4.74 Å². The Kier molecular flexibility index (Phi) is 3.39. The van der Waals surface area contributed by atoms with Gasteiger partial charge in [-0.3, -0.25) is 0 Å². The molecule has 0 unspecified atom stereocenters. The molecule has 2 atom stereocenters. The van der Waals surface area contributed by atoms with E-state index in [0.717, 1.165) is 0 Å². The molecule has 0 aromatic rings. The van der Waals surface area contributed by atoms with Crippen LogP contribution in [0.4, 0.5) is 4.79 Å². The third-order valence-electron chi connectivity index (χ3n) is 2.29. The highest BCUT2D eigenvalue weighted by atomic mass is 16.6. The van der Waals surface area contributed by atoms with Crippen molar-refractivity contribution in [2.45, 2.75) is 32.5 Å². The van der Waals surface area contributed by atoms with Gasteiger partial charge >= 0.3 is 6.09 Å². The summed E-state index contributed by atoms with van der Waals surface area (Å²) in [7, 11) is 0. The molecular formula is C11H19NO3. The molecular weight excluding hydrogens is 194 g/mol. The number of amides is 1. The molecule has 1 aliphatic rings. The quantitative estimate of drug-likeness (QED) is 0.670. The van der Waals surface area contributed by atoms with Crippen LogP contribution in [0.25, 0.3) is 0 Å². The lowest BCUT2D eigenvalue weighted by molar-refractivity contribution is 0.0270. The SMILES string of the molecule is C=C[C@@H]1CN(C(=O)OC(C)(C)C)C[C@H]1O. The van der Waals surface area contributed by atoms with Gasteiger partial charge in [0.2, 0.25) is 0 Å². The summed E-state index contributed by atoms with van der Waals surface area (Å²) < 4.78 is 5.20. The number of nitrogens with zero attached hydrogens (tertiary/aromatic N) is 1. The van der Waals surface area contributed by atoms with E-state index in [1.54, 1.807) is 6.08 Å². The second-order valence-electron chi connectivity index (χ2n) is 4.85. The number of β-amino-alcohol motifs (C(OH)–C–C–N with tert-alkyl or cyclic N) is 1. The van der Waals surface area contributed by atoms with Crippen LogP contribution in [0, 0.1) is 5.92 Å². The van der Waals surface area contributed by atoms with Gasteiger partial charge in [-0.2, -0.15) is 0 Å². The van der Waals surface area contributed by atoms with Crippen LogP contribution in [-0.4, -0.2) is 40.9 Å². The van der Waals surface area contributed by atoms with E-state index in [1.807, 2.05) is 20.8 Å². The van der Waals surface area contributed by atoms with E-state index in [9.17, 15) is 9.90 Å². The molecule has 15 heavy (non-hydrogen) atoms. The van der Waals surface area contributed by atoms with Gasteiger partial charge in [0, 0.05) is 12.5 Å². The van der Waals surface area contributed by atoms with Crippen molar-refractivity contribution in [3.05, 3.63) is 12.7 Å². The van der Waals surface area contributed by atoms with Crippen LogP contribution in [0.1, 0.15) is 20.8 Å². The Morgan fingerprint density at radius 2 is 2.13 bits per heavy atom. The van der Waals surface area contributed by atoms with E-state index in [2.05, 4.69) is 6.58 Å². The van der Waals surface area contributed by atoms with E-state index in [0.29, 0.717) is 13.1 Å². The summed E-state index contributed by atoms with van der Waals surface area (Å²) in [6.45, 7) is 9.90. The summed E-state index contributed by atoms with van der Waals surface area (Å²) in [5.74, 6) is -0.0440. The summed E-state index contributed by atoms with van der Waals surface area (Å²) in [4.78, 5) is 13.1. The second-order valence-corrected chi connectivity index (χ2v) is 4.85. The van der Waals surface area contributed by atoms with Gasteiger partial charge in [-0.1, -0.05) is 6.08 Å². The van der Waals surface area contributed by atoms with E-state index in [1.165, 1.54) is 4.90 Å². The molecule has 0 bridgehead atoms. The molecule has 4 heteroatoms. The fourth-order valence-electron chi connectivity index (χ4n) is 1.52. The Balaban J connectivity index is 2.53. The largest absolute Gasteiger partial charge is 0.444 e. The maximum absolute atomic E-state index is 11.6. The van der Waals surface area contributed by atoms with Crippen LogP contribution in [0.15, 0.2) is 12.7 Å². The van der Waals surface area contributed by atoms with Crippen molar-refractivity contribution in [1.82, 2.24) is 4.90 Å². The highest BCUT2D eigenvalue weighted by Crippen LogP contribution is 2.20. The Labute approximate surface area is 90.5 Å². The van der Waals surface area contributed by atoms with Gasteiger partial charge in [-0.25, -0.2) is 4.79 Å². The molecule has 86 valence electrons. The third kappa shape index (κ3) is 3.23. The van der Waals surface area contributed by atoms with Crippen molar-refractivity contribution >= 4 is 6.09 Å². The second kappa shape index (κ2) is 4.23. The molecule has 1 saturated heterocycles. The first kappa shape index (κ1) is 12.0. The molecule has 0 aromatic heterocycles. The molecule has 1 amide bonds. The van der Waals surface area contributed by atoms with Crippen LogP contribution >= 0.6 is 0 Å². The highest BCUT2D eigenvalue weighted by molar-refractivity contribution is 5.68. The first-order valence-corrected chi connectivity index (χ1v) is 5.12. The van der Waals surface area contributed by atoms with Gasteiger partial charge in [0.25, 0.3) is 0 Å². The average Bonchev–Trinajstić information content (AvgIpc) is 2.43. The van der Waals surface area contributed by atoms with Crippen LogP contribution in [-0.2, 0) is 4.74 Å². The smallest absolute Gasteiger partial charge is 0.410 e. The minimum atomic E-state index is -0.519. The van der Waals surface area contributed by atoms with Gasteiger partial charge < -0.3 is 14.7 Å². The number of aliphatic hydroxyl groups is 1. The summed E-state index contributed by atoms with van der Waals surface area (Å²) in [6.07, 6.45) is 0.788. The number of hydrogen-bond donors (Lipinski definition) is 1. The van der Waals surface area contributed by atoms with Crippen molar-refractivity contribution in [1.29, 1.82) is 0 Å². The molecule has 1 heterocycles. The maximum Gasteiger partial charge on any atom is 0.410 e. The number of ether oxygens (including phenoxy) is 1. The van der Waals surface area contributed by atoms with Crippen LogP contribution in [0.2, 0.25) is 0 Å². The average molecular weight is 213 g/mol. The first-order chi connectivity index (χ1) is 6.83. The predicted molar refractivity (Wildman–Crippen MR) is 57.5 cm³/mol. The number of hydrogen-bond acceptors (Lipinski definition) is 3.